The lowest BCUT2D eigenvalue weighted by molar-refractivity contribution is 0.101. The number of Topliss-reactive ketones (excluding diaryl/α,β-unsaturated/α-hetero) is 1. The van der Waals surface area contributed by atoms with Crippen LogP contribution in [0.2, 0.25) is 0 Å². The van der Waals surface area contributed by atoms with E-state index in [-0.39, 0.29) is 11.5 Å². The number of allylic oxidation sites excluding steroid dienone is 1. The number of rotatable bonds is 5. The van der Waals surface area contributed by atoms with Gasteiger partial charge in [-0.05, 0) is 67.4 Å². The number of hydrogen-bond donors (Lipinski definition) is 1. The zero-order chi connectivity index (χ0) is 24.4. The summed E-state index contributed by atoms with van der Waals surface area (Å²) in [7, 11) is 0. The van der Waals surface area contributed by atoms with Crippen LogP contribution in [0, 0.1) is 25.2 Å². The number of fused-ring (bicyclic) bond motifs is 1. The maximum Gasteiger partial charge on any atom is 0.231 e. The highest BCUT2D eigenvalue weighted by atomic mass is 16.5. The third-order valence-electron chi connectivity index (χ3n) is 5.41. The number of benzene rings is 2. The van der Waals surface area contributed by atoms with E-state index in [1.54, 1.807) is 67.1 Å². The fourth-order valence-electron chi connectivity index (χ4n) is 3.72. The minimum atomic E-state index is -0.183. The van der Waals surface area contributed by atoms with Gasteiger partial charge in [-0.1, -0.05) is 6.07 Å². The molecule has 0 saturated heterocycles. The fourth-order valence-corrected chi connectivity index (χ4v) is 3.72. The summed E-state index contributed by atoms with van der Waals surface area (Å²) in [6.07, 6.45) is 6.60. The maximum absolute atomic E-state index is 12.9. The molecule has 0 unspecified atom stereocenters. The molecule has 2 aromatic carbocycles. The van der Waals surface area contributed by atoms with Crippen molar-refractivity contribution >= 4 is 23.5 Å². The van der Waals surface area contributed by atoms with Crippen LogP contribution in [0.4, 0.5) is 11.6 Å². The number of carbonyl (C=O) groups is 1. The lowest BCUT2D eigenvalue weighted by Crippen LogP contribution is -2.00. The summed E-state index contributed by atoms with van der Waals surface area (Å²) in [6, 6.07) is 16.1. The van der Waals surface area contributed by atoms with Gasteiger partial charge in [0.25, 0.3) is 0 Å². The van der Waals surface area contributed by atoms with Crippen molar-refractivity contribution in [1.29, 1.82) is 5.26 Å². The van der Waals surface area contributed by atoms with E-state index < -0.39 is 0 Å². The lowest BCUT2D eigenvalue weighted by atomic mass is 10.0. The van der Waals surface area contributed by atoms with E-state index in [4.69, 9.17) is 14.7 Å². The zero-order valence-corrected chi connectivity index (χ0v) is 18.9. The molecule has 0 atom stereocenters. The first kappa shape index (κ1) is 21.8. The SMILES string of the molecule is Cc1cc2c(c(C)c1Oc1ccnc(Nc3ccc(C#N)cc3)n1)O/C(=C\c1cccnc1)C2=O. The minimum absolute atomic E-state index is 0.183. The number of pyridine rings is 1. The minimum Gasteiger partial charge on any atom is -0.452 e. The van der Waals surface area contributed by atoms with Crippen LogP contribution in [-0.4, -0.2) is 20.7 Å². The van der Waals surface area contributed by atoms with Gasteiger partial charge in [-0.25, -0.2) is 4.98 Å². The monoisotopic (exact) mass is 461 g/mol. The zero-order valence-electron chi connectivity index (χ0n) is 18.9. The summed E-state index contributed by atoms with van der Waals surface area (Å²) >= 11 is 0. The average Bonchev–Trinajstić information content (AvgIpc) is 3.18. The number of ketones is 1. The molecule has 0 saturated carbocycles. The van der Waals surface area contributed by atoms with Gasteiger partial charge in [-0.3, -0.25) is 9.78 Å². The van der Waals surface area contributed by atoms with E-state index >= 15 is 0 Å². The molecule has 170 valence electrons. The van der Waals surface area contributed by atoms with Crippen molar-refractivity contribution in [2.75, 3.05) is 5.32 Å². The predicted octanol–water partition coefficient (Wildman–Crippen LogP) is 5.51. The largest absolute Gasteiger partial charge is 0.452 e. The molecule has 1 aliphatic rings. The Balaban J connectivity index is 1.40. The normalized spacial score (nSPS) is 13.2. The van der Waals surface area contributed by atoms with Crippen molar-refractivity contribution in [3.05, 3.63) is 101 Å². The fraction of sp³-hybridized carbons (Fsp3) is 0.0741. The molecule has 1 N–H and O–H groups in total. The maximum atomic E-state index is 12.9. The van der Waals surface area contributed by atoms with Gasteiger partial charge in [0.1, 0.15) is 11.5 Å². The van der Waals surface area contributed by atoms with Crippen LogP contribution >= 0.6 is 0 Å². The first-order chi connectivity index (χ1) is 17.0. The Kier molecular flexibility index (Phi) is 5.65. The number of carbonyl (C=O) groups excluding carboxylic acids is 1. The van der Waals surface area contributed by atoms with Gasteiger partial charge >= 0.3 is 0 Å². The Labute approximate surface area is 201 Å². The van der Waals surface area contributed by atoms with Crippen molar-refractivity contribution in [1.82, 2.24) is 15.0 Å². The summed E-state index contributed by atoms with van der Waals surface area (Å²) < 4.78 is 12.1. The van der Waals surface area contributed by atoms with Crippen LogP contribution in [0.5, 0.6) is 17.4 Å². The molecule has 8 heteroatoms. The number of aromatic nitrogens is 3. The number of hydrogen-bond acceptors (Lipinski definition) is 8. The first-order valence-electron chi connectivity index (χ1n) is 10.8. The van der Waals surface area contributed by atoms with Crippen LogP contribution in [-0.2, 0) is 0 Å². The Morgan fingerprint density at radius 1 is 1.11 bits per heavy atom. The first-order valence-corrected chi connectivity index (χ1v) is 10.8. The van der Waals surface area contributed by atoms with Crippen LogP contribution in [0.3, 0.4) is 0 Å². The third kappa shape index (κ3) is 4.43. The van der Waals surface area contributed by atoms with Gasteiger partial charge < -0.3 is 14.8 Å². The van der Waals surface area contributed by atoms with Gasteiger partial charge in [-0.15, -0.1) is 0 Å². The third-order valence-corrected chi connectivity index (χ3v) is 5.41. The van der Waals surface area contributed by atoms with Gasteiger partial charge in [0.05, 0.1) is 17.2 Å². The Morgan fingerprint density at radius 3 is 2.69 bits per heavy atom. The number of ether oxygens (including phenoxy) is 2. The van der Waals surface area contributed by atoms with Crippen molar-refractivity contribution in [3.63, 3.8) is 0 Å². The van der Waals surface area contributed by atoms with Crippen molar-refractivity contribution in [2.24, 2.45) is 0 Å². The predicted molar refractivity (Wildman–Crippen MR) is 130 cm³/mol. The van der Waals surface area contributed by atoms with Crippen LogP contribution in [0.15, 0.2) is 72.9 Å². The topological polar surface area (TPSA) is 110 Å². The highest BCUT2D eigenvalue weighted by Crippen LogP contribution is 2.42. The van der Waals surface area contributed by atoms with E-state index in [0.717, 1.165) is 16.8 Å². The molecule has 3 heterocycles. The highest BCUT2D eigenvalue weighted by Gasteiger charge is 2.31. The molecule has 1 aliphatic heterocycles. The van der Waals surface area contributed by atoms with Crippen molar-refractivity contribution in [3.8, 4) is 23.4 Å². The van der Waals surface area contributed by atoms with E-state index in [1.165, 1.54) is 0 Å². The van der Waals surface area contributed by atoms with E-state index in [9.17, 15) is 4.79 Å². The van der Waals surface area contributed by atoms with E-state index in [0.29, 0.717) is 40.0 Å². The van der Waals surface area contributed by atoms with E-state index in [1.807, 2.05) is 19.9 Å². The molecule has 35 heavy (non-hydrogen) atoms. The summed E-state index contributed by atoms with van der Waals surface area (Å²) in [4.78, 5) is 25.7. The Morgan fingerprint density at radius 2 is 1.94 bits per heavy atom. The van der Waals surface area contributed by atoms with Crippen LogP contribution < -0.4 is 14.8 Å². The molecular formula is C27H19N5O3. The summed E-state index contributed by atoms with van der Waals surface area (Å²) in [5, 5.41) is 12.0. The Bertz CT molecular complexity index is 1510. The molecule has 0 aliphatic carbocycles. The second-order valence-corrected chi connectivity index (χ2v) is 7.89. The molecular weight excluding hydrogens is 442 g/mol. The summed E-state index contributed by atoms with van der Waals surface area (Å²) in [5.74, 6) is 1.76. The van der Waals surface area contributed by atoms with E-state index in [2.05, 4.69) is 26.3 Å². The van der Waals surface area contributed by atoms with Gasteiger partial charge in [-0.2, -0.15) is 10.2 Å². The smallest absolute Gasteiger partial charge is 0.231 e. The molecule has 0 spiro atoms. The van der Waals surface area contributed by atoms with Gasteiger partial charge in [0.2, 0.25) is 17.6 Å². The van der Waals surface area contributed by atoms with Crippen molar-refractivity contribution in [2.45, 2.75) is 13.8 Å². The number of nitrogens with one attached hydrogen (secondary N) is 1. The molecule has 0 bridgehead atoms. The molecule has 0 fully saturated rings. The molecule has 2 aromatic heterocycles. The summed E-state index contributed by atoms with van der Waals surface area (Å²) in [6.45, 7) is 3.72. The number of anilines is 2. The average molecular weight is 461 g/mol. The van der Waals surface area contributed by atoms with Crippen molar-refractivity contribution < 1.29 is 14.3 Å². The highest BCUT2D eigenvalue weighted by molar-refractivity contribution is 6.15. The second-order valence-electron chi connectivity index (χ2n) is 7.89. The molecule has 0 radical (unpaired) electrons. The lowest BCUT2D eigenvalue weighted by Gasteiger charge is -2.14. The molecule has 4 aromatic rings. The quantitative estimate of drug-likeness (QED) is 0.387. The number of aryl methyl sites for hydroxylation is 1. The van der Waals surface area contributed by atoms with Crippen LogP contribution in [0.25, 0.3) is 6.08 Å². The molecule has 0 amide bonds. The standard InChI is InChI=1S/C27H19N5O3/c1-16-12-21-24(33)22(13-19-4-3-10-29-15-19)34-26(21)17(2)25(16)35-23-9-11-30-27(32-23)31-20-7-5-18(14-28)6-8-20/h3-13,15H,1-2H3,(H,30,31,32)/b22-13-. The summed E-state index contributed by atoms with van der Waals surface area (Å²) in [5.41, 5.74) is 4.05. The second kappa shape index (κ2) is 9.08. The van der Waals surface area contributed by atoms with Crippen LogP contribution in [0.1, 0.15) is 32.6 Å². The Hall–Kier alpha value is -5.03. The van der Waals surface area contributed by atoms with Gasteiger partial charge in [0, 0.05) is 35.9 Å². The molecule has 8 nitrogen and oxygen atoms in total. The number of nitriles is 1. The van der Waals surface area contributed by atoms with Gasteiger partial charge in [0.15, 0.2) is 5.76 Å². The number of nitrogens with zero attached hydrogens (tertiary/aromatic N) is 4. The molecule has 5 rings (SSSR count).